The van der Waals surface area contributed by atoms with Crippen LogP contribution in [0.1, 0.15) is 19.8 Å². The number of likely N-dealkylation sites (tertiary alicyclic amines) is 1. The van der Waals surface area contributed by atoms with Gasteiger partial charge < -0.3 is 5.73 Å². The highest BCUT2D eigenvalue weighted by atomic mass is 32.2. The summed E-state index contributed by atoms with van der Waals surface area (Å²) in [5.41, 5.74) is 6.03. The molecule has 2 saturated heterocycles. The van der Waals surface area contributed by atoms with Crippen LogP contribution < -0.4 is 5.73 Å². The molecule has 0 aliphatic carbocycles. The van der Waals surface area contributed by atoms with Crippen LogP contribution in [0.3, 0.4) is 0 Å². The summed E-state index contributed by atoms with van der Waals surface area (Å²) >= 11 is 2.10. The van der Waals surface area contributed by atoms with Crippen LogP contribution in [0.25, 0.3) is 0 Å². The fraction of sp³-hybridized carbons (Fsp3) is 1.00. The predicted molar refractivity (Wildman–Crippen MR) is 59.1 cm³/mol. The third-order valence-electron chi connectivity index (χ3n) is 3.41. The van der Waals surface area contributed by atoms with E-state index in [9.17, 15) is 0 Å². The first-order chi connectivity index (χ1) is 6.27. The van der Waals surface area contributed by atoms with Crippen LogP contribution >= 0.6 is 11.8 Å². The second kappa shape index (κ2) is 4.20. The number of hydrogen-bond acceptors (Lipinski definition) is 3. The van der Waals surface area contributed by atoms with Gasteiger partial charge in [-0.2, -0.15) is 11.8 Å². The smallest absolute Gasteiger partial charge is 0.0206 e. The van der Waals surface area contributed by atoms with Gasteiger partial charge in [-0.1, -0.05) is 6.92 Å². The Labute approximate surface area is 85.2 Å². The van der Waals surface area contributed by atoms with Crippen molar-refractivity contribution in [2.24, 2.45) is 11.7 Å². The molecule has 2 atom stereocenters. The lowest BCUT2D eigenvalue weighted by Crippen LogP contribution is -2.37. The zero-order valence-electron chi connectivity index (χ0n) is 8.41. The predicted octanol–water partition coefficient (Wildman–Crippen LogP) is 1.16. The lowest BCUT2D eigenvalue weighted by molar-refractivity contribution is 0.222. The van der Waals surface area contributed by atoms with Crippen molar-refractivity contribution in [3.63, 3.8) is 0 Å². The quantitative estimate of drug-likeness (QED) is 0.689. The Morgan fingerprint density at radius 3 is 2.46 bits per heavy atom. The molecule has 2 fully saturated rings. The molecule has 2 rings (SSSR count). The lowest BCUT2D eigenvalue weighted by atomic mass is 10.1. The Morgan fingerprint density at radius 2 is 1.92 bits per heavy atom. The van der Waals surface area contributed by atoms with Crippen LogP contribution in [-0.4, -0.2) is 41.6 Å². The van der Waals surface area contributed by atoms with Crippen molar-refractivity contribution in [3.8, 4) is 0 Å². The summed E-state index contributed by atoms with van der Waals surface area (Å²) in [6.45, 7) is 4.65. The zero-order valence-corrected chi connectivity index (χ0v) is 9.22. The van der Waals surface area contributed by atoms with Gasteiger partial charge >= 0.3 is 0 Å². The van der Waals surface area contributed by atoms with Gasteiger partial charge in [0, 0.05) is 25.2 Å². The average molecular weight is 200 g/mol. The molecule has 2 aliphatic heterocycles. The highest BCUT2D eigenvalue weighted by Crippen LogP contribution is 2.26. The molecular formula is C10H20N2S. The van der Waals surface area contributed by atoms with E-state index in [4.69, 9.17) is 5.73 Å². The van der Waals surface area contributed by atoms with E-state index in [1.165, 1.54) is 30.9 Å². The van der Waals surface area contributed by atoms with E-state index in [0.29, 0.717) is 12.0 Å². The standard InChI is InChI=1S/C10H20N2S/c1-8-6-12(7-10(8)11)9-2-4-13-5-3-9/h8-10H,2-7,11H2,1H3. The van der Waals surface area contributed by atoms with E-state index in [0.717, 1.165) is 12.6 Å². The van der Waals surface area contributed by atoms with Crippen LogP contribution in [-0.2, 0) is 0 Å². The maximum Gasteiger partial charge on any atom is 0.0206 e. The fourth-order valence-corrected chi connectivity index (χ4v) is 3.46. The third kappa shape index (κ3) is 2.20. The van der Waals surface area contributed by atoms with Crippen molar-refractivity contribution in [1.82, 2.24) is 4.90 Å². The van der Waals surface area contributed by atoms with Gasteiger partial charge in [-0.15, -0.1) is 0 Å². The summed E-state index contributed by atoms with van der Waals surface area (Å²) in [5.74, 6) is 3.41. The van der Waals surface area contributed by atoms with Crippen LogP contribution in [0.4, 0.5) is 0 Å². The molecule has 0 saturated carbocycles. The maximum atomic E-state index is 6.03. The van der Waals surface area contributed by atoms with Gasteiger partial charge in [0.15, 0.2) is 0 Å². The normalized spacial score (nSPS) is 38.3. The van der Waals surface area contributed by atoms with Gasteiger partial charge in [0.2, 0.25) is 0 Å². The molecule has 2 nitrogen and oxygen atoms in total. The fourth-order valence-electron chi connectivity index (χ4n) is 2.38. The van der Waals surface area contributed by atoms with Crippen molar-refractivity contribution in [3.05, 3.63) is 0 Å². The summed E-state index contributed by atoms with van der Waals surface area (Å²) in [7, 11) is 0. The molecule has 0 amide bonds. The zero-order chi connectivity index (χ0) is 9.26. The second-order valence-corrected chi connectivity index (χ2v) is 5.66. The molecule has 0 radical (unpaired) electrons. The van der Waals surface area contributed by atoms with E-state index >= 15 is 0 Å². The van der Waals surface area contributed by atoms with E-state index in [-0.39, 0.29) is 0 Å². The van der Waals surface area contributed by atoms with Gasteiger partial charge in [-0.05, 0) is 30.3 Å². The highest BCUT2D eigenvalue weighted by molar-refractivity contribution is 7.99. The van der Waals surface area contributed by atoms with Crippen LogP contribution in [0.2, 0.25) is 0 Å². The van der Waals surface area contributed by atoms with Gasteiger partial charge in [0.25, 0.3) is 0 Å². The molecule has 76 valence electrons. The van der Waals surface area contributed by atoms with Crippen molar-refractivity contribution in [2.45, 2.75) is 31.8 Å². The first-order valence-electron chi connectivity index (χ1n) is 5.35. The molecular weight excluding hydrogens is 180 g/mol. The molecule has 2 N–H and O–H groups in total. The Bertz CT molecular complexity index is 158. The molecule has 0 aromatic carbocycles. The molecule has 2 unspecified atom stereocenters. The molecule has 13 heavy (non-hydrogen) atoms. The first kappa shape index (κ1) is 9.81. The van der Waals surface area contributed by atoms with E-state index in [1.807, 2.05) is 0 Å². The Hall–Kier alpha value is 0.270. The maximum absolute atomic E-state index is 6.03. The van der Waals surface area contributed by atoms with Gasteiger partial charge in [0.1, 0.15) is 0 Å². The average Bonchev–Trinajstić information content (AvgIpc) is 2.49. The highest BCUT2D eigenvalue weighted by Gasteiger charge is 2.31. The molecule has 2 heterocycles. The van der Waals surface area contributed by atoms with E-state index in [2.05, 4.69) is 23.6 Å². The van der Waals surface area contributed by atoms with Gasteiger partial charge in [-0.25, -0.2) is 0 Å². The summed E-state index contributed by atoms with van der Waals surface area (Å²) in [6, 6.07) is 1.27. The Balaban J connectivity index is 1.87. The second-order valence-electron chi connectivity index (χ2n) is 4.44. The van der Waals surface area contributed by atoms with E-state index < -0.39 is 0 Å². The molecule has 2 aliphatic rings. The number of nitrogens with two attached hydrogens (primary N) is 1. The monoisotopic (exact) mass is 200 g/mol. The van der Waals surface area contributed by atoms with Crippen molar-refractivity contribution >= 4 is 11.8 Å². The van der Waals surface area contributed by atoms with Crippen LogP contribution in [0, 0.1) is 5.92 Å². The van der Waals surface area contributed by atoms with Crippen molar-refractivity contribution < 1.29 is 0 Å². The molecule has 0 bridgehead atoms. The minimum Gasteiger partial charge on any atom is -0.326 e. The first-order valence-corrected chi connectivity index (χ1v) is 6.50. The molecule has 0 aromatic heterocycles. The molecule has 3 heteroatoms. The Morgan fingerprint density at radius 1 is 1.23 bits per heavy atom. The summed E-state index contributed by atoms with van der Waals surface area (Å²) in [5, 5.41) is 0. The number of thioether (sulfide) groups is 1. The van der Waals surface area contributed by atoms with Crippen molar-refractivity contribution in [2.75, 3.05) is 24.6 Å². The van der Waals surface area contributed by atoms with Crippen molar-refractivity contribution in [1.29, 1.82) is 0 Å². The lowest BCUT2D eigenvalue weighted by Gasteiger charge is -2.30. The molecule has 0 spiro atoms. The topological polar surface area (TPSA) is 29.3 Å². The summed E-state index contributed by atoms with van der Waals surface area (Å²) in [4.78, 5) is 2.62. The Kier molecular flexibility index (Phi) is 3.17. The molecule has 0 aromatic rings. The minimum absolute atomic E-state index is 0.426. The summed E-state index contributed by atoms with van der Waals surface area (Å²) in [6.07, 6.45) is 2.76. The SMILES string of the molecule is CC1CN(C2CCSCC2)CC1N. The van der Waals surface area contributed by atoms with Crippen LogP contribution in [0.15, 0.2) is 0 Å². The summed E-state index contributed by atoms with van der Waals surface area (Å²) < 4.78 is 0. The van der Waals surface area contributed by atoms with Crippen LogP contribution in [0.5, 0.6) is 0 Å². The number of nitrogens with zero attached hydrogens (tertiary/aromatic N) is 1. The number of hydrogen-bond donors (Lipinski definition) is 1. The van der Waals surface area contributed by atoms with E-state index in [1.54, 1.807) is 0 Å². The third-order valence-corrected chi connectivity index (χ3v) is 4.45. The van der Waals surface area contributed by atoms with Gasteiger partial charge in [-0.3, -0.25) is 4.90 Å². The largest absolute Gasteiger partial charge is 0.326 e. The van der Waals surface area contributed by atoms with Gasteiger partial charge in [0.05, 0.1) is 0 Å². The number of rotatable bonds is 1. The minimum atomic E-state index is 0.426.